The van der Waals surface area contributed by atoms with Crippen molar-refractivity contribution in [3.63, 3.8) is 0 Å². The molecular formula is C17H14FNO4. The molecule has 0 N–H and O–H groups in total. The highest BCUT2D eigenvalue weighted by molar-refractivity contribution is 6.33. The van der Waals surface area contributed by atoms with E-state index < -0.39 is 17.6 Å². The molecule has 2 amide bonds. The Kier molecular flexibility index (Phi) is 3.07. The van der Waals surface area contributed by atoms with Crippen LogP contribution in [0, 0.1) is 5.82 Å². The van der Waals surface area contributed by atoms with Gasteiger partial charge in [-0.05, 0) is 31.7 Å². The van der Waals surface area contributed by atoms with Gasteiger partial charge >= 0.3 is 0 Å². The van der Waals surface area contributed by atoms with Crippen LogP contribution in [0.2, 0.25) is 0 Å². The Morgan fingerprint density at radius 1 is 0.957 bits per heavy atom. The lowest BCUT2D eigenvalue weighted by atomic mass is 9.93. The van der Waals surface area contributed by atoms with Gasteiger partial charge in [0.1, 0.15) is 5.75 Å². The topological polar surface area (TPSA) is 63.7 Å². The van der Waals surface area contributed by atoms with Crippen molar-refractivity contribution >= 4 is 23.3 Å². The highest BCUT2D eigenvalue weighted by Crippen LogP contribution is 2.39. The van der Waals surface area contributed by atoms with Crippen LogP contribution >= 0.6 is 0 Å². The lowest BCUT2D eigenvalue weighted by molar-refractivity contribution is -0.120. The van der Waals surface area contributed by atoms with Crippen molar-refractivity contribution in [3.05, 3.63) is 34.7 Å². The zero-order chi connectivity index (χ0) is 16.1. The number of hydrogen-bond acceptors (Lipinski definition) is 4. The number of hydrogen-bond donors (Lipinski definition) is 0. The molecule has 0 saturated heterocycles. The first-order valence-electron chi connectivity index (χ1n) is 7.68. The van der Waals surface area contributed by atoms with Gasteiger partial charge in [-0.15, -0.1) is 0 Å². The molecule has 1 aliphatic carbocycles. The average Bonchev–Trinajstić information content (AvgIpc) is 2.80. The van der Waals surface area contributed by atoms with Crippen LogP contribution in [-0.4, -0.2) is 24.2 Å². The van der Waals surface area contributed by atoms with Crippen molar-refractivity contribution in [2.75, 3.05) is 11.5 Å². The van der Waals surface area contributed by atoms with E-state index in [-0.39, 0.29) is 35.8 Å². The van der Waals surface area contributed by atoms with Gasteiger partial charge in [0, 0.05) is 23.6 Å². The molecule has 2 aliphatic heterocycles. The lowest BCUT2D eigenvalue weighted by Crippen LogP contribution is -2.32. The highest BCUT2D eigenvalue weighted by atomic mass is 19.1. The Balaban J connectivity index is 1.80. The normalized spacial score (nSPS) is 20.6. The van der Waals surface area contributed by atoms with Gasteiger partial charge in [-0.25, -0.2) is 9.29 Å². The van der Waals surface area contributed by atoms with Crippen LogP contribution in [0.25, 0.3) is 0 Å². The molecule has 5 nitrogen and oxygen atoms in total. The first kappa shape index (κ1) is 14.1. The summed E-state index contributed by atoms with van der Waals surface area (Å²) in [7, 11) is 0. The second-order valence-electron chi connectivity index (χ2n) is 5.93. The summed E-state index contributed by atoms with van der Waals surface area (Å²) in [5, 5.41) is 0. The highest BCUT2D eigenvalue weighted by Gasteiger charge is 2.41. The van der Waals surface area contributed by atoms with E-state index in [1.54, 1.807) is 0 Å². The van der Waals surface area contributed by atoms with Gasteiger partial charge in [0.05, 0.1) is 17.9 Å². The zero-order valence-corrected chi connectivity index (χ0v) is 12.4. The molecule has 3 aliphatic rings. The van der Waals surface area contributed by atoms with Crippen molar-refractivity contribution in [2.24, 2.45) is 0 Å². The molecule has 0 unspecified atom stereocenters. The summed E-state index contributed by atoms with van der Waals surface area (Å²) in [5.41, 5.74) is 1.03. The number of ether oxygens (including phenoxy) is 1. The first-order valence-corrected chi connectivity index (χ1v) is 7.68. The second kappa shape index (κ2) is 5.01. The van der Waals surface area contributed by atoms with Gasteiger partial charge in [0.25, 0.3) is 11.8 Å². The number of Topliss-reactive ketones (excluding diaryl/α,β-unsaturated/α-hetero) is 1. The van der Waals surface area contributed by atoms with Crippen LogP contribution < -0.4 is 9.64 Å². The largest absolute Gasteiger partial charge is 0.492 e. The summed E-state index contributed by atoms with van der Waals surface area (Å²) in [4.78, 5) is 37.9. The number of anilines is 1. The average molecular weight is 315 g/mol. The zero-order valence-electron chi connectivity index (χ0n) is 12.4. The summed E-state index contributed by atoms with van der Waals surface area (Å²) >= 11 is 0. The summed E-state index contributed by atoms with van der Waals surface area (Å²) in [6.45, 7) is 0.210. The fourth-order valence-corrected chi connectivity index (χ4v) is 3.40. The third kappa shape index (κ3) is 2.01. The molecule has 0 fully saturated rings. The summed E-state index contributed by atoms with van der Waals surface area (Å²) in [6, 6.07) is 2.35. The third-order valence-corrected chi connectivity index (χ3v) is 4.57. The van der Waals surface area contributed by atoms with Gasteiger partial charge in [-0.3, -0.25) is 14.4 Å². The van der Waals surface area contributed by atoms with Crippen LogP contribution in [0.1, 0.15) is 42.5 Å². The first-order chi connectivity index (χ1) is 11.1. The monoisotopic (exact) mass is 315 g/mol. The number of benzene rings is 1. The van der Waals surface area contributed by atoms with Crippen LogP contribution in [0.4, 0.5) is 10.1 Å². The molecular weight excluding hydrogens is 301 g/mol. The fraction of sp³-hybridized carbons (Fsp3) is 0.353. The Hall–Kier alpha value is -2.50. The number of halogens is 1. The molecule has 0 bridgehead atoms. The number of carbonyl (C=O) groups is 3. The molecule has 1 aromatic rings. The molecule has 0 atom stereocenters. The molecule has 4 rings (SSSR count). The van der Waals surface area contributed by atoms with E-state index in [4.69, 9.17) is 4.74 Å². The minimum atomic E-state index is -0.736. The van der Waals surface area contributed by atoms with E-state index in [0.717, 1.165) is 23.8 Å². The van der Waals surface area contributed by atoms with E-state index in [9.17, 15) is 18.8 Å². The number of fused-ring (bicyclic) bond motifs is 1. The van der Waals surface area contributed by atoms with Gasteiger partial charge in [-0.1, -0.05) is 0 Å². The summed E-state index contributed by atoms with van der Waals surface area (Å²) in [6.07, 6.45) is 3.00. The molecule has 23 heavy (non-hydrogen) atoms. The Labute approximate surface area is 131 Å². The fourth-order valence-electron chi connectivity index (χ4n) is 3.40. The Bertz CT molecular complexity index is 768. The predicted molar refractivity (Wildman–Crippen MR) is 78.8 cm³/mol. The van der Waals surface area contributed by atoms with Crippen molar-refractivity contribution in [2.45, 2.75) is 32.1 Å². The minimum Gasteiger partial charge on any atom is -0.492 e. The number of carbonyl (C=O) groups excluding carboxylic acids is 3. The van der Waals surface area contributed by atoms with Crippen molar-refractivity contribution < 1.29 is 23.5 Å². The number of rotatable bonds is 1. The van der Waals surface area contributed by atoms with Crippen molar-refractivity contribution in [1.82, 2.24) is 0 Å². The number of nitrogens with zero attached hydrogens (tertiary/aromatic N) is 1. The maximum Gasteiger partial charge on any atom is 0.261 e. The van der Waals surface area contributed by atoms with E-state index in [1.807, 2.05) is 0 Å². The molecule has 0 radical (unpaired) electrons. The predicted octanol–water partition coefficient (Wildman–Crippen LogP) is 2.53. The molecule has 118 valence electrons. The number of amides is 2. The van der Waals surface area contributed by atoms with Gasteiger partial charge in [0.15, 0.2) is 11.6 Å². The standard InChI is InChI=1S/C17H14FNO4/c18-12-8-15-11(14(20)5-6-23-15)7-13(12)19-16(21)9-3-1-2-4-10(9)17(19)22/h7-8H,1-6H2. The van der Waals surface area contributed by atoms with Crippen LogP contribution in [0.15, 0.2) is 23.3 Å². The summed E-state index contributed by atoms with van der Waals surface area (Å²) < 4.78 is 19.7. The molecule has 2 heterocycles. The SMILES string of the molecule is O=C1CCOc2cc(F)c(N3C(=O)C4=C(CCCC4)C3=O)cc21. The third-order valence-electron chi connectivity index (χ3n) is 4.57. The van der Waals surface area contributed by atoms with E-state index in [1.165, 1.54) is 6.07 Å². The second-order valence-corrected chi connectivity index (χ2v) is 5.93. The number of ketones is 1. The lowest BCUT2D eigenvalue weighted by Gasteiger charge is -2.21. The Morgan fingerprint density at radius 2 is 1.61 bits per heavy atom. The smallest absolute Gasteiger partial charge is 0.261 e. The molecule has 1 aromatic carbocycles. The molecule has 0 spiro atoms. The van der Waals surface area contributed by atoms with E-state index in [2.05, 4.69) is 0 Å². The molecule has 0 aromatic heterocycles. The van der Waals surface area contributed by atoms with Gasteiger partial charge in [-0.2, -0.15) is 0 Å². The van der Waals surface area contributed by atoms with Gasteiger partial charge in [0.2, 0.25) is 0 Å². The minimum absolute atomic E-state index is 0.160. The summed E-state index contributed by atoms with van der Waals surface area (Å²) in [5.74, 6) is -1.68. The molecule has 0 saturated carbocycles. The maximum absolute atomic E-state index is 14.4. The van der Waals surface area contributed by atoms with Crippen LogP contribution in [0.5, 0.6) is 5.75 Å². The Morgan fingerprint density at radius 3 is 2.26 bits per heavy atom. The van der Waals surface area contributed by atoms with Crippen LogP contribution in [0.3, 0.4) is 0 Å². The quantitative estimate of drug-likeness (QED) is 0.747. The van der Waals surface area contributed by atoms with E-state index in [0.29, 0.717) is 24.0 Å². The number of imide groups is 1. The van der Waals surface area contributed by atoms with E-state index >= 15 is 0 Å². The van der Waals surface area contributed by atoms with Crippen molar-refractivity contribution in [3.8, 4) is 5.75 Å². The molecule has 6 heteroatoms. The van der Waals surface area contributed by atoms with Crippen LogP contribution in [-0.2, 0) is 9.59 Å². The maximum atomic E-state index is 14.4. The van der Waals surface area contributed by atoms with Crippen molar-refractivity contribution in [1.29, 1.82) is 0 Å². The van der Waals surface area contributed by atoms with Gasteiger partial charge < -0.3 is 4.74 Å².